The monoisotopic (exact) mass is 345 g/mol. The Morgan fingerprint density at radius 3 is 3.04 bits per heavy atom. The van der Waals surface area contributed by atoms with Gasteiger partial charge in [-0.25, -0.2) is 9.78 Å². The number of thiazole rings is 1. The molecule has 1 aliphatic rings. The molecular weight excluding hydrogens is 322 g/mol. The molecule has 0 saturated carbocycles. The number of amides is 2. The van der Waals surface area contributed by atoms with Gasteiger partial charge in [-0.05, 0) is 43.4 Å². The van der Waals surface area contributed by atoms with Gasteiger partial charge in [0.05, 0.1) is 19.2 Å². The van der Waals surface area contributed by atoms with Crippen LogP contribution in [0.15, 0.2) is 24.4 Å². The molecule has 2 N–H and O–H groups in total. The van der Waals surface area contributed by atoms with E-state index in [4.69, 9.17) is 4.74 Å². The van der Waals surface area contributed by atoms with Crippen LogP contribution < -0.4 is 15.4 Å². The van der Waals surface area contributed by atoms with E-state index in [0.29, 0.717) is 0 Å². The Balaban J connectivity index is 1.62. The van der Waals surface area contributed by atoms with Gasteiger partial charge in [-0.3, -0.25) is 0 Å². The minimum absolute atomic E-state index is 0.0322. The molecule has 1 aliphatic carbocycles. The third kappa shape index (κ3) is 3.38. The second-order valence-electron chi connectivity index (χ2n) is 5.98. The summed E-state index contributed by atoms with van der Waals surface area (Å²) in [6, 6.07) is 5.78. The van der Waals surface area contributed by atoms with E-state index in [1.165, 1.54) is 10.4 Å². The van der Waals surface area contributed by atoms with Gasteiger partial charge >= 0.3 is 6.03 Å². The molecule has 0 radical (unpaired) electrons. The molecule has 2 aromatic rings. The maximum Gasteiger partial charge on any atom is 0.315 e. The lowest BCUT2D eigenvalue weighted by molar-refractivity contribution is 0.234. The Kier molecular flexibility index (Phi) is 5.04. The summed E-state index contributed by atoms with van der Waals surface area (Å²) in [5.41, 5.74) is 2.35. The van der Waals surface area contributed by atoms with Crippen LogP contribution in [-0.2, 0) is 12.8 Å². The van der Waals surface area contributed by atoms with Crippen LogP contribution in [-0.4, -0.2) is 18.1 Å². The highest BCUT2D eigenvalue weighted by Crippen LogP contribution is 2.36. The van der Waals surface area contributed by atoms with Gasteiger partial charge in [-0.1, -0.05) is 19.1 Å². The van der Waals surface area contributed by atoms with Crippen LogP contribution in [0, 0.1) is 0 Å². The van der Waals surface area contributed by atoms with Crippen LogP contribution in [0.25, 0.3) is 0 Å². The van der Waals surface area contributed by atoms with E-state index in [0.717, 1.165) is 35.6 Å². The van der Waals surface area contributed by atoms with Crippen LogP contribution in [0.4, 0.5) is 4.79 Å². The van der Waals surface area contributed by atoms with Crippen molar-refractivity contribution >= 4 is 17.4 Å². The maximum absolute atomic E-state index is 12.3. The summed E-state index contributed by atoms with van der Waals surface area (Å²) in [5.74, 6) is 0.903. The Hall–Kier alpha value is -2.08. The fourth-order valence-electron chi connectivity index (χ4n) is 3.11. The number of aromatic nitrogens is 1. The zero-order valence-corrected chi connectivity index (χ0v) is 15.1. The van der Waals surface area contributed by atoms with Crippen molar-refractivity contribution in [3.63, 3.8) is 0 Å². The summed E-state index contributed by atoms with van der Waals surface area (Å²) >= 11 is 1.65. The highest BCUT2D eigenvalue weighted by atomic mass is 32.1. The zero-order valence-electron chi connectivity index (χ0n) is 14.3. The minimum Gasteiger partial charge on any atom is -0.496 e. The Morgan fingerprint density at radius 2 is 2.33 bits per heavy atom. The fourth-order valence-corrected chi connectivity index (χ4v) is 3.97. The lowest BCUT2D eigenvalue weighted by atomic mass is 10.1. The highest BCUT2D eigenvalue weighted by Gasteiger charge is 2.26. The third-order valence-electron chi connectivity index (χ3n) is 4.39. The summed E-state index contributed by atoms with van der Waals surface area (Å²) < 4.78 is 5.41. The first kappa shape index (κ1) is 16.8. The Bertz CT molecular complexity index is 729. The summed E-state index contributed by atoms with van der Waals surface area (Å²) in [6.45, 7) is 4.07. The maximum atomic E-state index is 12.3. The number of carbonyl (C=O) groups is 1. The number of methoxy groups -OCH3 is 1. The van der Waals surface area contributed by atoms with E-state index in [-0.39, 0.29) is 18.1 Å². The zero-order chi connectivity index (χ0) is 17.1. The summed E-state index contributed by atoms with van der Waals surface area (Å²) in [4.78, 5) is 18.0. The van der Waals surface area contributed by atoms with Crippen LogP contribution in [0.1, 0.15) is 53.4 Å². The number of nitrogens with one attached hydrogen (secondary N) is 2. The molecule has 1 aromatic carbocycles. The molecule has 0 aliphatic heterocycles. The van der Waals surface area contributed by atoms with Crippen molar-refractivity contribution in [2.75, 3.05) is 7.11 Å². The molecule has 1 aromatic heterocycles. The van der Waals surface area contributed by atoms with Gasteiger partial charge in [-0.15, -0.1) is 11.3 Å². The SMILES string of the molecule is CCc1cnc([C@@H](C)NC(=O)N[C@@H]2CCc3c(OC)cccc32)s1. The molecule has 5 nitrogen and oxygen atoms in total. The molecule has 128 valence electrons. The molecule has 24 heavy (non-hydrogen) atoms. The van der Waals surface area contributed by atoms with Gasteiger partial charge in [-0.2, -0.15) is 0 Å². The van der Waals surface area contributed by atoms with E-state index in [1.54, 1.807) is 18.4 Å². The number of rotatable bonds is 5. The molecule has 3 rings (SSSR count). The van der Waals surface area contributed by atoms with Crippen molar-refractivity contribution in [3.8, 4) is 5.75 Å². The first-order valence-electron chi connectivity index (χ1n) is 8.29. The van der Waals surface area contributed by atoms with Crippen molar-refractivity contribution in [1.82, 2.24) is 15.6 Å². The van der Waals surface area contributed by atoms with Gasteiger partial charge in [0, 0.05) is 11.1 Å². The summed E-state index contributed by atoms with van der Waals surface area (Å²) in [7, 11) is 1.68. The van der Waals surface area contributed by atoms with E-state index >= 15 is 0 Å². The number of urea groups is 1. The van der Waals surface area contributed by atoms with Crippen molar-refractivity contribution in [1.29, 1.82) is 0 Å². The Morgan fingerprint density at radius 1 is 1.50 bits per heavy atom. The molecule has 0 spiro atoms. The van der Waals surface area contributed by atoms with Gasteiger partial charge in [0.1, 0.15) is 10.8 Å². The second-order valence-corrected chi connectivity index (χ2v) is 7.12. The van der Waals surface area contributed by atoms with Gasteiger partial charge < -0.3 is 15.4 Å². The molecule has 1 heterocycles. The molecule has 0 bridgehead atoms. The number of hydrogen-bond acceptors (Lipinski definition) is 4. The second kappa shape index (κ2) is 7.21. The predicted molar refractivity (Wildman–Crippen MR) is 95.6 cm³/mol. The summed E-state index contributed by atoms with van der Waals surface area (Å²) in [6.07, 6.45) is 4.67. The molecule has 2 amide bonds. The average molecular weight is 345 g/mol. The van der Waals surface area contributed by atoms with Crippen molar-refractivity contribution in [2.45, 2.75) is 45.2 Å². The number of carbonyl (C=O) groups excluding carboxylic acids is 1. The molecule has 0 fully saturated rings. The van der Waals surface area contributed by atoms with E-state index < -0.39 is 0 Å². The molecule has 0 unspecified atom stereocenters. The Labute approximate surface area is 146 Å². The van der Waals surface area contributed by atoms with Crippen molar-refractivity contribution in [2.24, 2.45) is 0 Å². The van der Waals surface area contributed by atoms with E-state index in [9.17, 15) is 4.79 Å². The molecular formula is C18H23N3O2S. The quantitative estimate of drug-likeness (QED) is 0.867. The largest absolute Gasteiger partial charge is 0.496 e. The number of nitrogens with zero attached hydrogens (tertiary/aromatic N) is 1. The number of hydrogen-bond donors (Lipinski definition) is 2. The normalized spacial score (nSPS) is 17.2. The van der Waals surface area contributed by atoms with Gasteiger partial charge in [0.15, 0.2) is 0 Å². The van der Waals surface area contributed by atoms with Crippen molar-refractivity contribution < 1.29 is 9.53 Å². The summed E-state index contributed by atoms with van der Waals surface area (Å²) in [5, 5.41) is 7.01. The van der Waals surface area contributed by atoms with Gasteiger partial charge in [0.25, 0.3) is 0 Å². The molecule has 0 saturated heterocycles. The first-order valence-corrected chi connectivity index (χ1v) is 9.11. The molecule has 6 heteroatoms. The van der Waals surface area contributed by atoms with Crippen molar-refractivity contribution in [3.05, 3.63) is 45.4 Å². The number of aryl methyl sites for hydroxylation is 1. The minimum atomic E-state index is -0.156. The number of ether oxygens (including phenoxy) is 1. The average Bonchev–Trinajstić information content (AvgIpc) is 3.22. The number of fused-ring (bicyclic) bond motifs is 1. The lowest BCUT2D eigenvalue weighted by Crippen LogP contribution is -2.38. The standard InChI is InChI=1S/C18H23N3O2S/c1-4-12-10-19-17(24-12)11(2)20-18(22)21-15-9-8-14-13(15)6-5-7-16(14)23-3/h5-7,10-11,15H,4,8-9H2,1-3H3,(H2,20,21,22)/t11-,15-/m1/s1. The lowest BCUT2D eigenvalue weighted by Gasteiger charge is -2.17. The van der Waals surface area contributed by atoms with Crippen LogP contribution in [0.5, 0.6) is 5.75 Å². The molecule has 2 atom stereocenters. The topological polar surface area (TPSA) is 63.2 Å². The number of benzene rings is 1. The first-order chi connectivity index (χ1) is 11.6. The van der Waals surface area contributed by atoms with E-state index in [1.807, 2.05) is 25.3 Å². The fraction of sp³-hybridized carbons (Fsp3) is 0.444. The predicted octanol–water partition coefficient (Wildman–Crippen LogP) is 3.76. The van der Waals surface area contributed by atoms with Gasteiger partial charge in [0.2, 0.25) is 0 Å². The highest BCUT2D eigenvalue weighted by molar-refractivity contribution is 7.11. The van der Waals surface area contributed by atoms with Crippen LogP contribution >= 0.6 is 11.3 Å². The van der Waals surface area contributed by atoms with E-state index in [2.05, 4.69) is 28.6 Å². The van der Waals surface area contributed by atoms with Crippen LogP contribution in [0.2, 0.25) is 0 Å². The smallest absolute Gasteiger partial charge is 0.315 e. The third-order valence-corrected chi connectivity index (χ3v) is 5.72. The van der Waals surface area contributed by atoms with Crippen LogP contribution in [0.3, 0.4) is 0 Å².